The van der Waals surface area contributed by atoms with Gasteiger partial charge in [0.2, 0.25) is 0 Å². The topological polar surface area (TPSA) is 69.4 Å². The Labute approximate surface area is 117 Å². The summed E-state index contributed by atoms with van der Waals surface area (Å²) in [7, 11) is -3.09. The zero-order chi connectivity index (χ0) is 13.6. The molecule has 1 atom stereocenters. The van der Waals surface area contributed by atoms with E-state index in [2.05, 4.69) is 15.9 Å². The Morgan fingerprint density at radius 3 is 2.78 bits per heavy atom. The van der Waals surface area contributed by atoms with Gasteiger partial charge in [-0.15, -0.1) is 0 Å². The van der Waals surface area contributed by atoms with E-state index in [0.717, 1.165) is 4.47 Å². The zero-order valence-corrected chi connectivity index (χ0v) is 12.7. The molecule has 0 heterocycles. The Bertz CT molecular complexity index is 476. The lowest BCUT2D eigenvalue weighted by Crippen LogP contribution is -2.25. The first-order valence-corrected chi connectivity index (χ1v) is 8.33. The first kappa shape index (κ1) is 15.5. The van der Waals surface area contributed by atoms with E-state index in [0.29, 0.717) is 12.3 Å². The van der Waals surface area contributed by atoms with Gasteiger partial charge in [-0.3, -0.25) is 0 Å². The molecule has 1 unspecified atom stereocenters. The van der Waals surface area contributed by atoms with Crippen molar-refractivity contribution >= 4 is 25.8 Å². The number of nitrogens with two attached hydrogens (primary N) is 1. The van der Waals surface area contributed by atoms with Crippen molar-refractivity contribution in [3.63, 3.8) is 0 Å². The van der Waals surface area contributed by atoms with Crippen LogP contribution in [-0.2, 0) is 9.84 Å². The van der Waals surface area contributed by atoms with Gasteiger partial charge >= 0.3 is 0 Å². The fourth-order valence-corrected chi connectivity index (χ4v) is 3.31. The van der Waals surface area contributed by atoms with Crippen LogP contribution in [0.4, 0.5) is 0 Å². The van der Waals surface area contributed by atoms with Crippen LogP contribution >= 0.6 is 15.9 Å². The van der Waals surface area contributed by atoms with Crippen LogP contribution in [0.1, 0.15) is 6.92 Å². The fourth-order valence-electron chi connectivity index (χ4n) is 1.43. The van der Waals surface area contributed by atoms with E-state index in [4.69, 9.17) is 10.5 Å². The lowest BCUT2D eigenvalue weighted by molar-refractivity contribution is 0.340. The molecule has 1 rings (SSSR count). The molecule has 0 fully saturated rings. The van der Waals surface area contributed by atoms with Gasteiger partial charge in [-0.05, 0) is 30.7 Å². The Morgan fingerprint density at radius 2 is 2.17 bits per heavy atom. The smallest absolute Gasteiger partial charge is 0.153 e. The highest BCUT2D eigenvalue weighted by atomic mass is 79.9. The molecule has 18 heavy (non-hydrogen) atoms. The molecule has 0 saturated heterocycles. The van der Waals surface area contributed by atoms with Gasteiger partial charge in [-0.2, -0.15) is 0 Å². The highest BCUT2D eigenvalue weighted by Crippen LogP contribution is 2.17. The predicted octanol–water partition coefficient (Wildman–Crippen LogP) is 1.84. The minimum absolute atomic E-state index is 0.0131. The van der Waals surface area contributed by atoms with Crippen LogP contribution in [0.5, 0.6) is 5.75 Å². The van der Waals surface area contributed by atoms with Gasteiger partial charge in [0.1, 0.15) is 12.4 Å². The van der Waals surface area contributed by atoms with Crippen molar-refractivity contribution in [2.45, 2.75) is 6.92 Å². The molecule has 6 heteroatoms. The van der Waals surface area contributed by atoms with Gasteiger partial charge in [-0.25, -0.2) is 8.42 Å². The Balaban J connectivity index is 2.42. The van der Waals surface area contributed by atoms with Gasteiger partial charge in [0.05, 0.1) is 11.5 Å². The third-order valence-corrected chi connectivity index (χ3v) is 4.76. The molecule has 102 valence electrons. The van der Waals surface area contributed by atoms with Crippen LogP contribution in [0.2, 0.25) is 0 Å². The largest absolute Gasteiger partial charge is 0.492 e. The first-order valence-electron chi connectivity index (χ1n) is 5.72. The van der Waals surface area contributed by atoms with E-state index >= 15 is 0 Å². The molecule has 1 aromatic rings. The van der Waals surface area contributed by atoms with Crippen LogP contribution in [0.3, 0.4) is 0 Å². The number of benzene rings is 1. The van der Waals surface area contributed by atoms with Crippen LogP contribution in [0.25, 0.3) is 0 Å². The van der Waals surface area contributed by atoms with Crippen LogP contribution in [-0.4, -0.2) is 33.1 Å². The molecule has 0 spiro atoms. The average molecular weight is 336 g/mol. The molecular weight excluding hydrogens is 318 g/mol. The van der Waals surface area contributed by atoms with E-state index in [1.54, 1.807) is 12.1 Å². The van der Waals surface area contributed by atoms with Gasteiger partial charge in [0.25, 0.3) is 0 Å². The lowest BCUT2D eigenvalue weighted by Gasteiger charge is -2.10. The zero-order valence-electron chi connectivity index (χ0n) is 10.3. The molecule has 0 saturated carbocycles. The molecule has 2 N–H and O–H groups in total. The summed E-state index contributed by atoms with van der Waals surface area (Å²) in [6.45, 7) is 2.37. The summed E-state index contributed by atoms with van der Waals surface area (Å²) in [6, 6.07) is 7.31. The standard InChI is InChI=1S/C12H18BrNO3S/c1-10(8-14)9-18(15,16)6-5-17-12-4-2-3-11(13)7-12/h2-4,7,10H,5-6,8-9,14H2,1H3. The first-order chi connectivity index (χ1) is 8.43. The number of ether oxygens (including phenoxy) is 1. The second-order valence-corrected chi connectivity index (χ2v) is 7.41. The molecule has 0 aromatic heterocycles. The predicted molar refractivity (Wildman–Crippen MR) is 76.5 cm³/mol. The quantitative estimate of drug-likeness (QED) is 0.825. The van der Waals surface area contributed by atoms with Crippen LogP contribution in [0, 0.1) is 5.92 Å². The van der Waals surface area contributed by atoms with Crippen LogP contribution < -0.4 is 10.5 Å². The normalized spacial score (nSPS) is 13.3. The Kier molecular flexibility index (Phi) is 6.11. The van der Waals surface area contributed by atoms with Crippen LogP contribution in [0.15, 0.2) is 28.7 Å². The number of sulfone groups is 1. The summed E-state index contributed by atoms with van der Waals surface area (Å²) >= 11 is 3.32. The SMILES string of the molecule is CC(CN)CS(=O)(=O)CCOc1cccc(Br)c1. The minimum atomic E-state index is -3.09. The molecule has 0 radical (unpaired) electrons. The Morgan fingerprint density at radius 1 is 1.44 bits per heavy atom. The third kappa shape index (κ3) is 5.84. The molecular formula is C12H18BrNO3S. The fraction of sp³-hybridized carbons (Fsp3) is 0.500. The van der Waals surface area contributed by atoms with Crippen molar-refractivity contribution in [1.82, 2.24) is 0 Å². The summed E-state index contributed by atoms with van der Waals surface area (Å²) in [4.78, 5) is 0. The Hall–Kier alpha value is -0.590. The minimum Gasteiger partial charge on any atom is -0.492 e. The molecule has 0 bridgehead atoms. The lowest BCUT2D eigenvalue weighted by atomic mass is 10.2. The van der Waals surface area contributed by atoms with Crippen molar-refractivity contribution in [2.24, 2.45) is 11.7 Å². The summed E-state index contributed by atoms with van der Waals surface area (Å²) in [5.41, 5.74) is 5.41. The third-order valence-electron chi connectivity index (χ3n) is 2.40. The highest BCUT2D eigenvalue weighted by Gasteiger charge is 2.15. The molecule has 0 aliphatic rings. The number of halogens is 1. The van der Waals surface area contributed by atoms with E-state index in [-0.39, 0.29) is 24.0 Å². The number of hydrogen-bond donors (Lipinski definition) is 1. The second-order valence-electron chi connectivity index (χ2n) is 4.26. The van der Waals surface area contributed by atoms with Crippen molar-refractivity contribution < 1.29 is 13.2 Å². The summed E-state index contributed by atoms with van der Waals surface area (Å²) < 4.78 is 29.7. The summed E-state index contributed by atoms with van der Waals surface area (Å²) in [5.74, 6) is 0.780. The van der Waals surface area contributed by atoms with Gasteiger partial charge < -0.3 is 10.5 Å². The molecule has 1 aromatic carbocycles. The monoisotopic (exact) mass is 335 g/mol. The molecule has 0 aliphatic heterocycles. The maximum atomic E-state index is 11.7. The van der Waals surface area contributed by atoms with E-state index in [1.807, 2.05) is 19.1 Å². The molecule has 0 aliphatic carbocycles. The number of rotatable bonds is 7. The number of hydrogen-bond acceptors (Lipinski definition) is 4. The maximum absolute atomic E-state index is 11.7. The van der Waals surface area contributed by atoms with Crippen molar-refractivity contribution in [1.29, 1.82) is 0 Å². The second kappa shape index (κ2) is 7.11. The van der Waals surface area contributed by atoms with Crippen molar-refractivity contribution in [3.8, 4) is 5.75 Å². The van der Waals surface area contributed by atoms with E-state index < -0.39 is 9.84 Å². The highest BCUT2D eigenvalue weighted by molar-refractivity contribution is 9.10. The van der Waals surface area contributed by atoms with Gasteiger partial charge in [0, 0.05) is 4.47 Å². The van der Waals surface area contributed by atoms with Gasteiger partial charge in [0.15, 0.2) is 9.84 Å². The maximum Gasteiger partial charge on any atom is 0.153 e. The molecule has 0 amide bonds. The summed E-state index contributed by atoms with van der Waals surface area (Å²) in [5, 5.41) is 0. The van der Waals surface area contributed by atoms with E-state index in [1.165, 1.54) is 0 Å². The van der Waals surface area contributed by atoms with Gasteiger partial charge in [-0.1, -0.05) is 28.9 Å². The molecule has 4 nitrogen and oxygen atoms in total. The van der Waals surface area contributed by atoms with E-state index in [9.17, 15) is 8.42 Å². The average Bonchev–Trinajstić information content (AvgIpc) is 2.28. The van der Waals surface area contributed by atoms with Crippen molar-refractivity contribution in [2.75, 3.05) is 24.7 Å². The van der Waals surface area contributed by atoms with Crippen molar-refractivity contribution in [3.05, 3.63) is 28.7 Å². The summed E-state index contributed by atoms with van der Waals surface area (Å²) in [6.07, 6.45) is 0.